The lowest BCUT2D eigenvalue weighted by Crippen LogP contribution is -2.27. The molecule has 3 heteroatoms. The number of hydrogen-bond acceptors (Lipinski definition) is 3. The Kier molecular flexibility index (Phi) is 5.60. The number of carbonyl (C=O) groups is 1. The summed E-state index contributed by atoms with van der Waals surface area (Å²) in [4.78, 5) is 11.7. The Labute approximate surface area is 121 Å². The second kappa shape index (κ2) is 7.44. The quantitative estimate of drug-likeness (QED) is 0.764. The summed E-state index contributed by atoms with van der Waals surface area (Å²) in [6.07, 6.45) is 6.47. The number of carbonyl (C=O) groups excluding carboxylic acids is 1. The van der Waals surface area contributed by atoms with Crippen LogP contribution in [-0.4, -0.2) is 19.2 Å². The maximum atomic E-state index is 11.7. The van der Waals surface area contributed by atoms with Gasteiger partial charge >= 0.3 is 5.97 Å². The molecule has 110 valence electrons. The first-order valence-corrected chi connectivity index (χ1v) is 7.54. The third-order valence-corrected chi connectivity index (χ3v) is 4.24. The standard InChI is InChI=1S/C17H24O3/c1-3-13-8-5-7-11-16(13)20-12-14-9-4-6-10-15(14)17(18)19-2/h4,6,9-10,13,16H,3,5,7-8,11-12H2,1-2H3. The van der Waals surface area contributed by atoms with Gasteiger partial charge < -0.3 is 9.47 Å². The Morgan fingerprint density at radius 2 is 2.00 bits per heavy atom. The zero-order chi connectivity index (χ0) is 14.4. The first-order chi connectivity index (χ1) is 9.76. The summed E-state index contributed by atoms with van der Waals surface area (Å²) in [6.45, 7) is 2.72. The Morgan fingerprint density at radius 3 is 2.75 bits per heavy atom. The normalized spacial score (nSPS) is 22.5. The van der Waals surface area contributed by atoms with Gasteiger partial charge in [-0.25, -0.2) is 4.79 Å². The third-order valence-electron chi connectivity index (χ3n) is 4.24. The molecular weight excluding hydrogens is 252 g/mol. The lowest BCUT2D eigenvalue weighted by molar-refractivity contribution is -0.0225. The van der Waals surface area contributed by atoms with Crippen molar-refractivity contribution in [2.75, 3.05) is 7.11 Å². The van der Waals surface area contributed by atoms with E-state index in [9.17, 15) is 4.79 Å². The van der Waals surface area contributed by atoms with E-state index in [0.29, 0.717) is 24.2 Å². The largest absolute Gasteiger partial charge is 0.465 e. The topological polar surface area (TPSA) is 35.5 Å². The molecular formula is C17H24O3. The summed E-state index contributed by atoms with van der Waals surface area (Å²) < 4.78 is 10.9. The molecule has 2 atom stereocenters. The molecule has 0 bridgehead atoms. The van der Waals surface area contributed by atoms with E-state index in [1.165, 1.54) is 32.8 Å². The molecule has 1 aliphatic carbocycles. The second-order valence-corrected chi connectivity index (χ2v) is 5.45. The molecule has 1 aliphatic rings. The second-order valence-electron chi connectivity index (χ2n) is 5.45. The Hall–Kier alpha value is -1.35. The van der Waals surface area contributed by atoms with Crippen LogP contribution in [0.1, 0.15) is 54.9 Å². The minimum Gasteiger partial charge on any atom is -0.465 e. The summed E-state index contributed by atoms with van der Waals surface area (Å²) in [5.41, 5.74) is 1.53. The van der Waals surface area contributed by atoms with Crippen LogP contribution in [0.3, 0.4) is 0 Å². The maximum Gasteiger partial charge on any atom is 0.338 e. The van der Waals surface area contributed by atoms with Crippen LogP contribution in [0.2, 0.25) is 0 Å². The zero-order valence-corrected chi connectivity index (χ0v) is 12.4. The molecule has 0 saturated heterocycles. The summed E-state index contributed by atoms with van der Waals surface area (Å²) in [7, 11) is 1.41. The highest BCUT2D eigenvalue weighted by Gasteiger charge is 2.24. The SMILES string of the molecule is CCC1CCCCC1OCc1ccccc1C(=O)OC. The predicted octanol–water partition coefficient (Wildman–Crippen LogP) is 3.96. The number of ether oxygens (including phenoxy) is 2. The molecule has 1 aromatic rings. The molecule has 0 aromatic heterocycles. The highest BCUT2D eigenvalue weighted by atomic mass is 16.5. The van der Waals surface area contributed by atoms with Crippen LogP contribution in [-0.2, 0) is 16.1 Å². The summed E-state index contributed by atoms with van der Waals surface area (Å²) in [6, 6.07) is 7.52. The van der Waals surface area contributed by atoms with Crippen LogP contribution in [0.4, 0.5) is 0 Å². The average molecular weight is 276 g/mol. The first-order valence-electron chi connectivity index (χ1n) is 7.54. The van der Waals surface area contributed by atoms with Crippen LogP contribution < -0.4 is 0 Å². The van der Waals surface area contributed by atoms with Gasteiger partial charge in [0.25, 0.3) is 0 Å². The lowest BCUT2D eigenvalue weighted by atomic mass is 9.85. The van der Waals surface area contributed by atoms with E-state index in [4.69, 9.17) is 9.47 Å². The molecule has 1 aromatic carbocycles. The fourth-order valence-electron chi connectivity index (χ4n) is 3.01. The van der Waals surface area contributed by atoms with Crippen molar-refractivity contribution in [3.8, 4) is 0 Å². The van der Waals surface area contributed by atoms with E-state index in [1.807, 2.05) is 18.2 Å². The number of methoxy groups -OCH3 is 1. The molecule has 2 unspecified atom stereocenters. The van der Waals surface area contributed by atoms with Crippen molar-refractivity contribution in [1.29, 1.82) is 0 Å². The fraction of sp³-hybridized carbons (Fsp3) is 0.588. The highest BCUT2D eigenvalue weighted by molar-refractivity contribution is 5.90. The van der Waals surface area contributed by atoms with Gasteiger partial charge in [-0.15, -0.1) is 0 Å². The van der Waals surface area contributed by atoms with Gasteiger partial charge in [-0.1, -0.05) is 44.4 Å². The molecule has 1 fully saturated rings. The van der Waals surface area contributed by atoms with Crippen molar-refractivity contribution >= 4 is 5.97 Å². The maximum absolute atomic E-state index is 11.7. The summed E-state index contributed by atoms with van der Waals surface area (Å²) in [5.74, 6) is 0.369. The van der Waals surface area contributed by atoms with E-state index in [1.54, 1.807) is 6.07 Å². The van der Waals surface area contributed by atoms with Crippen molar-refractivity contribution in [2.45, 2.75) is 51.7 Å². The van der Waals surface area contributed by atoms with E-state index in [-0.39, 0.29) is 5.97 Å². The Balaban J connectivity index is 2.01. The molecule has 0 aliphatic heterocycles. The number of esters is 1. The monoisotopic (exact) mass is 276 g/mol. The van der Waals surface area contributed by atoms with Crippen LogP contribution in [0, 0.1) is 5.92 Å². The number of hydrogen-bond donors (Lipinski definition) is 0. The molecule has 0 spiro atoms. The predicted molar refractivity (Wildman–Crippen MR) is 78.6 cm³/mol. The zero-order valence-electron chi connectivity index (χ0n) is 12.4. The first kappa shape index (κ1) is 15.0. The van der Waals surface area contributed by atoms with E-state index < -0.39 is 0 Å². The van der Waals surface area contributed by atoms with Crippen molar-refractivity contribution in [2.24, 2.45) is 5.92 Å². The van der Waals surface area contributed by atoms with Gasteiger partial charge in [0.2, 0.25) is 0 Å². The Morgan fingerprint density at radius 1 is 1.25 bits per heavy atom. The van der Waals surface area contributed by atoms with Crippen LogP contribution >= 0.6 is 0 Å². The van der Waals surface area contributed by atoms with Crippen molar-refractivity contribution in [3.63, 3.8) is 0 Å². The van der Waals surface area contributed by atoms with Crippen molar-refractivity contribution < 1.29 is 14.3 Å². The van der Waals surface area contributed by atoms with E-state index >= 15 is 0 Å². The molecule has 0 radical (unpaired) electrons. The van der Waals surface area contributed by atoms with E-state index in [2.05, 4.69) is 6.92 Å². The fourth-order valence-corrected chi connectivity index (χ4v) is 3.01. The third kappa shape index (κ3) is 3.60. The van der Waals surface area contributed by atoms with Gasteiger partial charge in [-0.3, -0.25) is 0 Å². The van der Waals surface area contributed by atoms with Crippen LogP contribution in [0.25, 0.3) is 0 Å². The van der Waals surface area contributed by atoms with Gasteiger partial charge in [-0.05, 0) is 30.4 Å². The van der Waals surface area contributed by atoms with Gasteiger partial charge in [0.1, 0.15) is 0 Å². The molecule has 1 saturated carbocycles. The van der Waals surface area contributed by atoms with Crippen molar-refractivity contribution in [3.05, 3.63) is 35.4 Å². The van der Waals surface area contributed by atoms with Gasteiger partial charge in [0.05, 0.1) is 25.4 Å². The molecule has 0 N–H and O–H groups in total. The average Bonchev–Trinajstić information content (AvgIpc) is 2.52. The molecule has 20 heavy (non-hydrogen) atoms. The summed E-state index contributed by atoms with van der Waals surface area (Å²) >= 11 is 0. The van der Waals surface area contributed by atoms with Crippen molar-refractivity contribution in [1.82, 2.24) is 0 Å². The Bertz CT molecular complexity index is 442. The summed E-state index contributed by atoms with van der Waals surface area (Å²) in [5, 5.41) is 0. The number of rotatable bonds is 5. The number of benzene rings is 1. The molecule has 0 heterocycles. The molecule has 0 amide bonds. The smallest absolute Gasteiger partial charge is 0.338 e. The minimum absolute atomic E-state index is 0.292. The lowest BCUT2D eigenvalue weighted by Gasteiger charge is -2.31. The molecule has 3 nitrogen and oxygen atoms in total. The van der Waals surface area contributed by atoms with Crippen LogP contribution in [0.15, 0.2) is 24.3 Å². The van der Waals surface area contributed by atoms with Gasteiger partial charge in [0.15, 0.2) is 0 Å². The molecule has 2 rings (SSSR count). The van der Waals surface area contributed by atoms with Gasteiger partial charge in [0, 0.05) is 0 Å². The van der Waals surface area contributed by atoms with Gasteiger partial charge in [-0.2, -0.15) is 0 Å². The highest BCUT2D eigenvalue weighted by Crippen LogP contribution is 2.30. The minimum atomic E-state index is -0.292. The van der Waals surface area contributed by atoms with E-state index in [0.717, 1.165) is 12.0 Å². The van der Waals surface area contributed by atoms with Crippen LogP contribution in [0.5, 0.6) is 0 Å².